The van der Waals surface area contributed by atoms with Gasteiger partial charge in [0.25, 0.3) is 0 Å². The molecule has 0 aliphatic rings. The van der Waals surface area contributed by atoms with Crippen LogP contribution in [0.4, 0.5) is 0 Å². The van der Waals surface area contributed by atoms with Crippen LogP contribution in [-0.4, -0.2) is 34.2 Å². The monoisotopic (exact) mass is 386 g/mol. The molecular weight excluding hydrogens is 348 g/mol. The van der Waals surface area contributed by atoms with Crippen molar-refractivity contribution in [3.05, 3.63) is 41.7 Å². The minimum absolute atomic E-state index is 0.536. The average molecular weight is 387 g/mol. The van der Waals surface area contributed by atoms with Gasteiger partial charge in [-0.15, -0.1) is 5.10 Å². The second kappa shape index (κ2) is 12.6. The van der Waals surface area contributed by atoms with Gasteiger partial charge < -0.3 is 10.1 Å². The van der Waals surface area contributed by atoms with Crippen LogP contribution >= 0.6 is 0 Å². The highest BCUT2D eigenvalue weighted by atomic mass is 16.5. The van der Waals surface area contributed by atoms with E-state index < -0.39 is 0 Å². The fourth-order valence-electron chi connectivity index (χ4n) is 3.10. The molecule has 156 valence electrons. The molecule has 5 heteroatoms. The third-order valence-electron chi connectivity index (χ3n) is 4.74. The molecule has 2 rings (SSSR count). The fourth-order valence-corrected chi connectivity index (χ4v) is 3.10. The molecule has 0 unspecified atom stereocenters. The van der Waals surface area contributed by atoms with E-state index in [-0.39, 0.29) is 0 Å². The Bertz CT molecular complexity index is 649. The Morgan fingerprint density at radius 3 is 2.50 bits per heavy atom. The lowest BCUT2D eigenvalue weighted by Crippen LogP contribution is -2.24. The van der Waals surface area contributed by atoms with Gasteiger partial charge in [0.15, 0.2) is 0 Å². The maximum atomic E-state index is 5.86. The highest BCUT2D eigenvalue weighted by Crippen LogP contribution is 2.13. The smallest absolute Gasteiger partial charge is 0.119 e. The number of unbranched alkanes of at least 4 members (excludes halogenated alkanes) is 1. The van der Waals surface area contributed by atoms with Crippen LogP contribution in [0.15, 0.2) is 30.5 Å². The summed E-state index contributed by atoms with van der Waals surface area (Å²) in [6.07, 6.45) is 8.84. The van der Waals surface area contributed by atoms with Gasteiger partial charge in [-0.1, -0.05) is 57.9 Å². The SMILES string of the molecule is CC(C)CCCCc1cn(CCCOc2ccc(CCNC(C)C)cc2)nn1. The van der Waals surface area contributed by atoms with Crippen molar-refractivity contribution < 1.29 is 4.74 Å². The van der Waals surface area contributed by atoms with Gasteiger partial charge >= 0.3 is 0 Å². The van der Waals surface area contributed by atoms with Crippen LogP contribution in [0.3, 0.4) is 0 Å². The number of aryl methyl sites for hydroxylation is 2. The van der Waals surface area contributed by atoms with Crippen LogP contribution in [0.5, 0.6) is 5.75 Å². The number of hydrogen-bond donors (Lipinski definition) is 1. The van der Waals surface area contributed by atoms with E-state index in [0.717, 1.165) is 49.7 Å². The Kier molecular flexibility index (Phi) is 10.0. The Morgan fingerprint density at radius 1 is 1.00 bits per heavy atom. The lowest BCUT2D eigenvalue weighted by atomic mass is 10.0. The summed E-state index contributed by atoms with van der Waals surface area (Å²) in [6.45, 7) is 11.4. The van der Waals surface area contributed by atoms with Gasteiger partial charge in [-0.05, 0) is 49.4 Å². The van der Waals surface area contributed by atoms with Crippen molar-refractivity contribution in [2.45, 2.75) is 78.8 Å². The lowest BCUT2D eigenvalue weighted by Gasteiger charge is -2.09. The molecule has 1 N–H and O–H groups in total. The number of nitrogens with zero attached hydrogens (tertiary/aromatic N) is 3. The molecule has 0 amide bonds. The van der Waals surface area contributed by atoms with E-state index in [1.807, 2.05) is 4.68 Å². The standard InChI is InChI=1S/C23H38N4O/c1-19(2)8-5-6-9-22-18-27(26-25-22)16-7-17-28-23-12-10-21(11-13-23)14-15-24-20(3)4/h10-13,18-20,24H,5-9,14-17H2,1-4H3. The van der Waals surface area contributed by atoms with Gasteiger partial charge in [0.1, 0.15) is 5.75 Å². The summed E-state index contributed by atoms with van der Waals surface area (Å²) in [4.78, 5) is 0. The second-order valence-electron chi connectivity index (χ2n) is 8.32. The van der Waals surface area contributed by atoms with Gasteiger partial charge in [-0.2, -0.15) is 0 Å². The minimum atomic E-state index is 0.536. The number of nitrogens with one attached hydrogen (secondary N) is 1. The second-order valence-corrected chi connectivity index (χ2v) is 8.32. The van der Waals surface area contributed by atoms with Crippen molar-refractivity contribution in [2.24, 2.45) is 5.92 Å². The molecule has 1 aromatic heterocycles. The van der Waals surface area contributed by atoms with Crippen molar-refractivity contribution in [3.63, 3.8) is 0 Å². The van der Waals surface area contributed by atoms with Crippen molar-refractivity contribution in [1.29, 1.82) is 0 Å². The van der Waals surface area contributed by atoms with Crippen LogP contribution in [0, 0.1) is 5.92 Å². The maximum absolute atomic E-state index is 5.86. The Labute approximate surface area is 170 Å². The van der Waals surface area contributed by atoms with Crippen molar-refractivity contribution in [1.82, 2.24) is 20.3 Å². The van der Waals surface area contributed by atoms with E-state index >= 15 is 0 Å². The number of rotatable bonds is 14. The molecule has 1 aromatic carbocycles. The van der Waals surface area contributed by atoms with Crippen LogP contribution in [0.2, 0.25) is 0 Å². The van der Waals surface area contributed by atoms with Crippen molar-refractivity contribution in [3.8, 4) is 5.75 Å². The van der Waals surface area contributed by atoms with Crippen LogP contribution in [0.25, 0.3) is 0 Å². The lowest BCUT2D eigenvalue weighted by molar-refractivity contribution is 0.298. The van der Waals surface area contributed by atoms with Gasteiger partial charge in [-0.3, -0.25) is 4.68 Å². The van der Waals surface area contributed by atoms with Gasteiger partial charge in [0.2, 0.25) is 0 Å². The third-order valence-corrected chi connectivity index (χ3v) is 4.74. The molecule has 0 aliphatic heterocycles. The number of ether oxygens (including phenoxy) is 1. The first-order valence-corrected chi connectivity index (χ1v) is 10.9. The summed E-state index contributed by atoms with van der Waals surface area (Å²) in [5.74, 6) is 1.72. The zero-order valence-electron chi connectivity index (χ0n) is 18.2. The highest BCUT2D eigenvalue weighted by Gasteiger charge is 2.02. The summed E-state index contributed by atoms with van der Waals surface area (Å²) in [6, 6.07) is 8.97. The predicted molar refractivity (Wildman–Crippen MR) is 116 cm³/mol. The van der Waals surface area contributed by atoms with E-state index in [9.17, 15) is 0 Å². The normalized spacial score (nSPS) is 11.5. The Balaban J connectivity index is 1.59. The zero-order chi connectivity index (χ0) is 20.2. The van der Waals surface area contributed by atoms with Crippen molar-refractivity contribution >= 4 is 0 Å². The number of hydrogen-bond acceptors (Lipinski definition) is 4. The first kappa shape index (κ1) is 22.4. The topological polar surface area (TPSA) is 52.0 Å². The molecule has 0 spiro atoms. The number of aromatic nitrogens is 3. The van der Waals surface area contributed by atoms with E-state index in [1.165, 1.54) is 24.8 Å². The molecule has 0 aliphatic carbocycles. The zero-order valence-corrected chi connectivity index (χ0v) is 18.2. The molecule has 0 saturated heterocycles. The van der Waals surface area contributed by atoms with E-state index in [2.05, 4.69) is 73.8 Å². The number of benzene rings is 1. The van der Waals surface area contributed by atoms with Gasteiger partial charge in [0, 0.05) is 25.2 Å². The summed E-state index contributed by atoms with van der Waals surface area (Å²) in [7, 11) is 0. The van der Waals surface area contributed by atoms with E-state index in [1.54, 1.807) is 0 Å². The summed E-state index contributed by atoms with van der Waals surface area (Å²) >= 11 is 0. The first-order valence-electron chi connectivity index (χ1n) is 10.9. The van der Waals surface area contributed by atoms with Crippen LogP contribution in [-0.2, 0) is 19.4 Å². The molecule has 0 radical (unpaired) electrons. The van der Waals surface area contributed by atoms with Gasteiger partial charge in [0.05, 0.1) is 12.3 Å². The highest BCUT2D eigenvalue weighted by molar-refractivity contribution is 5.27. The molecule has 1 heterocycles. The molecular formula is C23H38N4O. The fraction of sp³-hybridized carbons (Fsp3) is 0.652. The molecule has 2 aromatic rings. The Hall–Kier alpha value is -1.88. The van der Waals surface area contributed by atoms with E-state index in [0.29, 0.717) is 12.6 Å². The largest absolute Gasteiger partial charge is 0.494 e. The molecule has 28 heavy (non-hydrogen) atoms. The molecule has 0 saturated carbocycles. The quantitative estimate of drug-likeness (QED) is 0.480. The molecule has 0 bridgehead atoms. The summed E-state index contributed by atoms with van der Waals surface area (Å²) in [5.41, 5.74) is 2.44. The first-order chi connectivity index (χ1) is 13.5. The minimum Gasteiger partial charge on any atom is -0.494 e. The van der Waals surface area contributed by atoms with Gasteiger partial charge in [-0.25, -0.2) is 0 Å². The summed E-state index contributed by atoms with van der Waals surface area (Å²) < 4.78 is 7.79. The summed E-state index contributed by atoms with van der Waals surface area (Å²) in [5, 5.41) is 12.0. The third kappa shape index (κ3) is 9.36. The molecule has 5 nitrogen and oxygen atoms in total. The maximum Gasteiger partial charge on any atom is 0.119 e. The van der Waals surface area contributed by atoms with Crippen molar-refractivity contribution in [2.75, 3.05) is 13.2 Å². The molecule has 0 fully saturated rings. The average Bonchev–Trinajstić information content (AvgIpc) is 3.11. The van der Waals surface area contributed by atoms with E-state index in [4.69, 9.17) is 4.74 Å². The molecule has 0 atom stereocenters. The van der Waals surface area contributed by atoms with Crippen LogP contribution < -0.4 is 10.1 Å². The Morgan fingerprint density at radius 2 is 1.79 bits per heavy atom. The van der Waals surface area contributed by atoms with Crippen LogP contribution in [0.1, 0.15) is 64.6 Å². The predicted octanol–water partition coefficient (Wildman–Crippen LogP) is 4.66.